The van der Waals surface area contributed by atoms with Crippen molar-refractivity contribution in [2.45, 2.75) is 31.8 Å². The molecule has 2 N–H and O–H groups in total. The fourth-order valence-electron chi connectivity index (χ4n) is 6.28. The highest BCUT2D eigenvalue weighted by Gasteiger charge is 2.35. The number of para-hydroxylation sites is 2. The van der Waals surface area contributed by atoms with Gasteiger partial charge in [-0.25, -0.2) is 4.98 Å². The topological polar surface area (TPSA) is 79.7 Å². The first-order valence-electron chi connectivity index (χ1n) is 15.4. The Morgan fingerprint density at radius 2 is 1.70 bits per heavy atom. The van der Waals surface area contributed by atoms with Crippen LogP contribution in [0.2, 0.25) is 0 Å². The van der Waals surface area contributed by atoms with Gasteiger partial charge in [0.25, 0.3) is 0 Å². The smallest absolute Gasteiger partial charge is 0.208 e. The van der Waals surface area contributed by atoms with Crippen molar-refractivity contribution < 1.29 is 4.74 Å². The second kappa shape index (κ2) is 13.5. The van der Waals surface area contributed by atoms with Crippen LogP contribution < -0.4 is 15.5 Å². The van der Waals surface area contributed by atoms with E-state index in [1.165, 1.54) is 11.3 Å². The monoisotopic (exact) mass is 587 g/mol. The molecule has 44 heavy (non-hydrogen) atoms. The Balaban J connectivity index is 1.17. The van der Waals surface area contributed by atoms with E-state index < -0.39 is 0 Å². The van der Waals surface area contributed by atoms with Gasteiger partial charge in [-0.3, -0.25) is 4.90 Å². The molecule has 0 spiro atoms. The second-order valence-corrected chi connectivity index (χ2v) is 11.8. The molecule has 1 fully saturated rings. The molecule has 0 amide bonds. The summed E-state index contributed by atoms with van der Waals surface area (Å²) in [4.78, 5) is 12.1. The Bertz CT molecular complexity index is 1590. The first-order valence-corrected chi connectivity index (χ1v) is 15.4. The molecule has 1 unspecified atom stereocenters. The number of nitrogens with one attached hydrogen (secondary N) is 2. The standard InChI is InChI=1S/C36H41N7O/c1-41(2)22-19-38-35-29(24-37)23-31(27-9-5-4-6-10-27)34(40-35)28-15-13-26(14-16-28)25-42-20-17-30(18-21-42)43-33-12-8-7-11-32(33)39-36(43)44-3/h4-16,23,30,36,39H,17-22,25H2,1-3H3,(H,38,40). The molecule has 3 aromatic carbocycles. The van der Waals surface area contributed by atoms with E-state index in [4.69, 9.17) is 9.72 Å². The molecule has 3 heterocycles. The number of likely N-dealkylation sites (N-methyl/N-ethyl adjacent to an activating group) is 1. The van der Waals surface area contributed by atoms with E-state index in [1.54, 1.807) is 7.11 Å². The van der Waals surface area contributed by atoms with Gasteiger partial charge >= 0.3 is 0 Å². The van der Waals surface area contributed by atoms with Crippen molar-refractivity contribution in [2.24, 2.45) is 0 Å². The summed E-state index contributed by atoms with van der Waals surface area (Å²) < 4.78 is 5.79. The van der Waals surface area contributed by atoms with Gasteiger partial charge in [-0.15, -0.1) is 0 Å². The van der Waals surface area contributed by atoms with Gasteiger partial charge in [0.2, 0.25) is 6.35 Å². The summed E-state index contributed by atoms with van der Waals surface area (Å²) in [6.45, 7) is 4.56. The maximum absolute atomic E-state index is 9.94. The third kappa shape index (κ3) is 6.41. The third-order valence-electron chi connectivity index (χ3n) is 8.60. The zero-order chi connectivity index (χ0) is 30.5. The molecule has 1 atom stereocenters. The van der Waals surface area contributed by atoms with Crippen molar-refractivity contribution in [1.29, 1.82) is 5.26 Å². The first-order chi connectivity index (χ1) is 21.5. The molecular weight excluding hydrogens is 546 g/mol. The number of piperidine rings is 1. The Kier molecular flexibility index (Phi) is 9.08. The number of ether oxygens (including phenoxy) is 1. The van der Waals surface area contributed by atoms with Crippen molar-refractivity contribution >= 4 is 17.2 Å². The third-order valence-corrected chi connectivity index (χ3v) is 8.60. The van der Waals surface area contributed by atoms with Crippen molar-refractivity contribution in [3.63, 3.8) is 0 Å². The largest absolute Gasteiger partial charge is 0.368 e. The summed E-state index contributed by atoms with van der Waals surface area (Å²) in [7, 11) is 5.85. The van der Waals surface area contributed by atoms with Crippen LogP contribution in [0.5, 0.6) is 0 Å². The number of benzene rings is 3. The van der Waals surface area contributed by atoms with Crippen LogP contribution in [0.3, 0.4) is 0 Å². The molecule has 6 rings (SSSR count). The predicted octanol–water partition coefficient (Wildman–Crippen LogP) is 6.09. The van der Waals surface area contributed by atoms with E-state index in [9.17, 15) is 5.26 Å². The van der Waals surface area contributed by atoms with E-state index in [1.807, 2.05) is 38.4 Å². The maximum Gasteiger partial charge on any atom is 0.208 e. The summed E-state index contributed by atoms with van der Waals surface area (Å²) in [5.74, 6) is 0.627. The van der Waals surface area contributed by atoms with Crippen LogP contribution in [0.15, 0.2) is 84.9 Å². The lowest BCUT2D eigenvalue weighted by Crippen LogP contribution is -2.49. The van der Waals surface area contributed by atoms with Gasteiger partial charge in [0.15, 0.2) is 0 Å². The number of methoxy groups -OCH3 is 1. The predicted molar refractivity (Wildman–Crippen MR) is 179 cm³/mol. The van der Waals surface area contributed by atoms with Gasteiger partial charge in [0.05, 0.1) is 22.6 Å². The lowest BCUT2D eigenvalue weighted by molar-refractivity contribution is 0.105. The summed E-state index contributed by atoms with van der Waals surface area (Å²) >= 11 is 0. The van der Waals surface area contributed by atoms with Crippen LogP contribution in [0.1, 0.15) is 24.0 Å². The minimum absolute atomic E-state index is 0.114. The molecule has 0 bridgehead atoms. The molecular formula is C36H41N7O. The van der Waals surface area contributed by atoms with Gasteiger partial charge in [-0.05, 0) is 56.3 Å². The molecule has 1 aromatic heterocycles. The van der Waals surface area contributed by atoms with Crippen molar-refractivity contribution in [2.75, 3.05) is 62.9 Å². The van der Waals surface area contributed by atoms with Gasteiger partial charge in [0.1, 0.15) is 11.9 Å². The number of anilines is 3. The number of likely N-dealkylation sites (tertiary alicyclic amines) is 1. The van der Waals surface area contributed by atoms with E-state index in [0.717, 1.165) is 67.1 Å². The molecule has 226 valence electrons. The van der Waals surface area contributed by atoms with E-state index >= 15 is 0 Å². The molecule has 8 nitrogen and oxygen atoms in total. The minimum atomic E-state index is -0.114. The summed E-state index contributed by atoms with van der Waals surface area (Å²) in [6.07, 6.45) is 2.07. The number of nitrogens with zero attached hydrogens (tertiary/aromatic N) is 5. The van der Waals surface area contributed by atoms with E-state index in [2.05, 4.69) is 92.1 Å². The van der Waals surface area contributed by atoms with Crippen molar-refractivity contribution in [3.8, 4) is 28.5 Å². The Hall–Kier alpha value is -4.42. The number of hydrogen-bond donors (Lipinski definition) is 2. The Morgan fingerprint density at radius 1 is 0.977 bits per heavy atom. The molecule has 4 aromatic rings. The summed E-state index contributed by atoms with van der Waals surface area (Å²) in [5.41, 5.74) is 8.14. The highest BCUT2D eigenvalue weighted by molar-refractivity contribution is 5.84. The average molecular weight is 588 g/mol. The first kappa shape index (κ1) is 29.6. The van der Waals surface area contributed by atoms with Gasteiger partial charge in [0, 0.05) is 57.0 Å². The van der Waals surface area contributed by atoms with Gasteiger partial charge in [-0.2, -0.15) is 5.26 Å². The normalized spacial score (nSPS) is 16.9. The highest BCUT2D eigenvalue weighted by Crippen LogP contribution is 2.38. The van der Waals surface area contributed by atoms with E-state index in [0.29, 0.717) is 24.0 Å². The molecule has 0 saturated carbocycles. The molecule has 0 aliphatic carbocycles. The number of rotatable bonds is 10. The number of hydrogen-bond acceptors (Lipinski definition) is 8. The average Bonchev–Trinajstić information content (AvgIpc) is 3.44. The van der Waals surface area contributed by atoms with Crippen LogP contribution in [-0.4, -0.2) is 74.6 Å². The lowest BCUT2D eigenvalue weighted by Gasteiger charge is -2.39. The van der Waals surface area contributed by atoms with Crippen LogP contribution in [0, 0.1) is 11.3 Å². The van der Waals surface area contributed by atoms with Crippen LogP contribution >= 0.6 is 0 Å². The second-order valence-electron chi connectivity index (χ2n) is 11.8. The number of pyridine rings is 1. The minimum Gasteiger partial charge on any atom is -0.368 e. The van der Waals surface area contributed by atoms with Crippen LogP contribution in [0.4, 0.5) is 17.2 Å². The number of nitriles is 1. The fraction of sp³-hybridized carbons (Fsp3) is 0.333. The summed E-state index contributed by atoms with van der Waals surface area (Å²) in [6, 6.07) is 32.2. The van der Waals surface area contributed by atoms with Crippen LogP contribution in [0.25, 0.3) is 22.4 Å². The van der Waals surface area contributed by atoms with Crippen molar-refractivity contribution in [1.82, 2.24) is 14.8 Å². The fourth-order valence-corrected chi connectivity index (χ4v) is 6.28. The Labute approximate surface area is 260 Å². The molecule has 8 heteroatoms. The molecule has 0 radical (unpaired) electrons. The molecule has 2 aliphatic rings. The van der Waals surface area contributed by atoms with Gasteiger partial charge < -0.3 is 25.2 Å². The quantitative estimate of drug-likeness (QED) is 0.231. The SMILES string of the molecule is COC1Nc2ccccc2N1C1CCN(Cc2ccc(-c3nc(NCCN(C)C)c(C#N)cc3-c3ccccc3)cc2)CC1. The number of fused-ring (bicyclic) bond motifs is 1. The van der Waals surface area contributed by atoms with Crippen molar-refractivity contribution in [3.05, 3.63) is 96.1 Å². The van der Waals surface area contributed by atoms with E-state index in [-0.39, 0.29) is 6.35 Å². The zero-order valence-electron chi connectivity index (χ0n) is 25.8. The van der Waals surface area contributed by atoms with Gasteiger partial charge in [-0.1, -0.05) is 66.7 Å². The molecule has 1 saturated heterocycles. The Morgan fingerprint density at radius 3 is 2.41 bits per heavy atom. The summed E-state index contributed by atoms with van der Waals surface area (Å²) in [5, 5.41) is 16.8. The highest BCUT2D eigenvalue weighted by atomic mass is 16.5. The lowest BCUT2D eigenvalue weighted by atomic mass is 9.96. The number of aromatic nitrogens is 1. The maximum atomic E-state index is 9.94. The zero-order valence-corrected chi connectivity index (χ0v) is 25.8. The van der Waals surface area contributed by atoms with Crippen LogP contribution in [-0.2, 0) is 11.3 Å². The molecule has 2 aliphatic heterocycles.